The van der Waals surface area contributed by atoms with Gasteiger partial charge in [-0.15, -0.1) is 0 Å². The van der Waals surface area contributed by atoms with Crippen molar-refractivity contribution < 1.29 is 9.47 Å². The van der Waals surface area contributed by atoms with Crippen molar-refractivity contribution in [3.8, 4) is 17.6 Å². The Bertz CT molecular complexity index is 1350. The van der Waals surface area contributed by atoms with Gasteiger partial charge in [0.2, 0.25) is 0 Å². The van der Waals surface area contributed by atoms with E-state index >= 15 is 0 Å². The lowest BCUT2D eigenvalue weighted by molar-refractivity contribution is 0.269. The molecule has 0 aliphatic heterocycles. The van der Waals surface area contributed by atoms with Crippen molar-refractivity contribution in [3.63, 3.8) is 0 Å². The van der Waals surface area contributed by atoms with Crippen LogP contribution in [0, 0.1) is 18.3 Å². The van der Waals surface area contributed by atoms with Gasteiger partial charge in [0.05, 0.1) is 23.3 Å². The summed E-state index contributed by atoms with van der Waals surface area (Å²) in [6.45, 7) is 4.77. The Morgan fingerprint density at radius 1 is 0.939 bits per heavy atom. The van der Waals surface area contributed by atoms with E-state index < -0.39 is 0 Å². The lowest BCUT2D eigenvalue weighted by Gasteiger charge is -2.15. The molecule has 164 valence electrons. The number of aryl methyl sites for hydroxylation is 1. The Kier molecular flexibility index (Phi) is 6.98. The molecule has 0 fully saturated rings. The fourth-order valence-corrected chi connectivity index (χ4v) is 3.91. The number of rotatable bonds is 7. The summed E-state index contributed by atoms with van der Waals surface area (Å²) >= 11 is 6.61. The van der Waals surface area contributed by atoms with Gasteiger partial charge in [0, 0.05) is 0 Å². The monoisotopic (exact) mass is 453 g/mol. The highest BCUT2D eigenvalue weighted by Crippen LogP contribution is 2.38. The Morgan fingerprint density at radius 2 is 1.70 bits per heavy atom. The van der Waals surface area contributed by atoms with Crippen molar-refractivity contribution >= 4 is 34.0 Å². The maximum absolute atomic E-state index is 9.68. The zero-order chi connectivity index (χ0) is 23.2. The third-order valence-corrected chi connectivity index (χ3v) is 5.60. The highest BCUT2D eigenvalue weighted by atomic mass is 35.5. The largest absolute Gasteiger partial charge is 0.490 e. The molecule has 4 rings (SSSR count). The zero-order valence-corrected chi connectivity index (χ0v) is 19.4. The molecule has 0 aliphatic rings. The zero-order valence-electron chi connectivity index (χ0n) is 18.6. The van der Waals surface area contributed by atoms with E-state index in [1.54, 1.807) is 6.07 Å². The number of nitriles is 1. The molecule has 4 aromatic rings. The Labute approximate surface area is 199 Å². The molecule has 0 aromatic heterocycles. The fraction of sp³-hybridized carbons (Fsp3) is 0.138. The summed E-state index contributed by atoms with van der Waals surface area (Å²) in [5.41, 5.74) is 4.37. The lowest BCUT2D eigenvalue weighted by atomic mass is 10.0. The molecule has 0 saturated carbocycles. The molecule has 0 radical (unpaired) electrons. The molecule has 4 aromatic carbocycles. The van der Waals surface area contributed by atoms with Gasteiger partial charge in [-0.3, -0.25) is 0 Å². The van der Waals surface area contributed by atoms with Crippen LogP contribution in [0.25, 0.3) is 22.4 Å². The third-order valence-electron chi connectivity index (χ3n) is 5.32. The van der Waals surface area contributed by atoms with Crippen LogP contribution in [0.5, 0.6) is 11.5 Å². The topological polar surface area (TPSA) is 42.2 Å². The van der Waals surface area contributed by atoms with E-state index in [1.807, 2.05) is 62.4 Å². The van der Waals surface area contributed by atoms with Crippen molar-refractivity contribution in [2.45, 2.75) is 20.5 Å². The van der Waals surface area contributed by atoms with E-state index in [1.165, 1.54) is 5.39 Å². The first-order valence-electron chi connectivity index (χ1n) is 10.8. The second-order valence-corrected chi connectivity index (χ2v) is 8.18. The van der Waals surface area contributed by atoms with Crippen LogP contribution in [0.4, 0.5) is 0 Å². The number of nitrogens with zero attached hydrogens (tertiary/aromatic N) is 1. The van der Waals surface area contributed by atoms with E-state index in [0.29, 0.717) is 35.3 Å². The molecule has 0 unspecified atom stereocenters. The number of ether oxygens (including phenoxy) is 2. The summed E-state index contributed by atoms with van der Waals surface area (Å²) in [4.78, 5) is 0. The molecule has 0 atom stereocenters. The SMILES string of the molecule is CCOc1cc(/C=C(/C#N)c2ccc(C)cc2)cc(Cl)c1OCc1ccc2ccccc2c1. The molecule has 0 heterocycles. The van der Waals surface area contributed by atoms with Crippen LogP contribution in [0.1, 0.15) is 29.2 Å². The number of hydrogen-bond acceptors (Lipinski definition) is 3. The van der Waals surface area contributed by atoms with Gasteiger partial charge in [-0.2, -0.15) is 5.26 Å². The normalized spacial score (nSPS) is 11.3. The van der Waals surface area contributed by atoms with E-state index in [9.17, 15) is 5.26 Å². The maximum atomic E-state index is 9.68. The van der Waals surface area contributed by atoms with Gasteiger partial charge in [-0.05, 0) is 65.6 Å². The predicted octanol–water partition coefficient (Wildman–Crippen LogP) is 7.84. The summed E-state index contributed by atoms with van der Waals surface area (Å²) in [6, 6.07) is 28.3. The quantitative estimate of drug-likeness (QED) is 0.211. The molecule has 0 aliphatic carbocycles. The van der Waals surface area contributed by atoms with E-state index in [2.05, 4.69) is 36.4 Å². The van der Waals surface area contributed by atoms with Gasteiger partial charge in [-0.1, -0.05) is 77.8 Å². The fourth-order valence-electron chi connectivity index (χ4n) is 3.64. The minimum atomic E-state index is 0.368. The first kappa shape index (κ1) is 22.5. The summed E-state index contributed by atoms with van der Waals surface area (Å²) < 4.78 is 11.9. The van der Waals surface area contributed by atoms with Gasteiger partial charge in [-0.25, -0.2) is 0 Å². The molecule has 0 N–H and O–H groups in total. The summed E-state index contributed by atoms with van der Waals surface area (Å²) in [6.07, 6.45) is 1.81. The number of allylic oxidation sites excluding steroid dienone is 1. The van der Waals surface area contributed by atoms with E-state index in [0.717, 1.165) is 27.6 Å². The van der Waals surface area contributed by atoms with Gasteiger partial charge in [0.25, 0.3) is 0 Å². The Balaban J connectivity index is 1.62. The predicted molar refractivity (Wildman–Crippen MR) is 136 cm³/mol. The number of hydrogen-bond donors (Lipinski definition) is 0. The summed E-state index contributed by atoms with van der Waals surface area (Å²) in [5.74, 6) is 1.05. The average Bonchev–Trinajstić information content (AvgIpc) is 2.83. The molecule has 0 amide bonds. The summed E-state index contributed by atoms with van der Waals surface area (Å²) in [7, 11) is 0. The van der Waals surface area contributed by atoms with Gasteiger partial charge in [0.1, 0.15) is 6.61 Å². The molecule has 0 spiro atoms. The van der Waals surface area contributed by atoms with Gasteiger partial charge >= 0.3 is 0 Å². The molecular weight excluding hydrogens is 430 g/mol. The van der Waals surface area contributed by atoms with Crippen LogP contribution in [-0.2, 0) is 6.61 Å². The number of benzene rings is 4. The van der Waals surface area contributed by atoms with E-state index in [4.69, 9.17) is 21.1 Å². The van der Waals surface area contributed by atoms with Crippen LogP contribution in [0.2, 0.25) is 5.02 Å². The van der Waals surface area contributed by atoms with Crippen molar-refractivity contribution in [1.82, 2.24) is 0 Å². The first-order valence-corrected chi connectivity index (χ1v) is 11.2. The highest BCUT2D eigenvalue weighted by Gasteiger charge is 2.13. The smallest absolute Gasteiger partial charge is 0.180 e. The highest BCUT2D eigenvalue weighted by molar-refractivity contribution is 6.32. The minimum Gasteiger partial charge on any atom is -0.490 e. The van der Waals surface area contributed by atoms with Crippen LogP contribution in [0.15, 0.2) is 78.9 Å². The molecule has 4 heteroatoms. The maximum Gasteiger partial charge on any atom is 0.180 e. The van der Waals surface area contributed by atoms with Crippen molar-refractivity contribution in [1.29, 1.82) is 5.26 Å². The van der Waals surface area contributed by atoms with Crippen LogP contribution < -0.4 is 9.47 Å². The second kappa shape index (κ2) is 10.3. The molecular formula is C29H24ClNO2. The lowest BCUT2D eigenvalue weighted by Crippen LogP contribution is -2.01. The number of fused-ring (bicyclic) bond motifs is 1. The van der Waals surface area contributed by atoms with Gasteiger partial charge in [0.15, 0.2) is 11.5 Å². The van der Waals surface area contributed by atoms with E-state index in [-0.39, 0.29) is 0 Å². The molecule has 3 nitrogen and oxygen atoms in total. The minimum absolute atomic E-state index is 0.368. The van der Waals surface area contributed by atoms with Crippen molar-refractivity contribution in [2.75, 3.05) is 6.61 Å². The second-order valence-electron chi connectivity index (χ2n) is 7.77. The van der Waals surface area contributed by atoms with Crippen LogP contribution >= 0.6 is 11.6 Å². The van der Waals surface area contributed by atoms with Crippen molar-refractivity contribution in [3.05, 3.63) is 106 Å². The third kappa shape index (κ3) is 5.37. The Hall–Kier alpha value is -3.74. The Morgan fingerprint density at radius 3 is 2.42 bits per heavy atom. The number of halogens is 1. The summed E-state index contributed by atoms with van der Waals surface area (Å²) in [5, 5.41) is 12.5. The van der Waals surface area contributed by atoms with Crippen molar-refractivity contribution in [2.24, 2.45) is 0 Å². The van der Waals surface area contributed by atoms with Crippen LogP contribution in [-0.4, -0.2) is 6.61 Å². The molecule has 0 saturated heterocycles. The molecule has 33 heavy (non-hydrogen) atoms. The van der Waals surface area contributed by atoms with Crippen LogP contribution in [0.3, 0.4) is 0 Å². The first-order chi connectivity index (χ1) is 16.1. The average molecular weight is 454 g/mol. The molecule has 0 bridgehead atoms. The van der Waals surface area contributed by atoms with Gasteiger partial charge < -0.3 is 9.47 Å². The standard InChI is InChI=1S/C29H24ClNO2/c1-3-32-28-17-22(15-26(18-31)24-11-8-20(2)9-12-24)16-27(30)29(28)33-19-21-10-13-23-6-4-5-7-25(23)14-21/h4-17H,3,19H2,1-2H3/b26-15-.